The van der Waals surface area contributed by atoms with Crippen LogP contribution in [0.5, 0.6) is 0 Å². The molecule has 3 aliphatic rings. The lowest BCUT2D eigenvalue weighted by atomic mass is 9.70. The average molecular weight is 573 g/mol. The van der Waals surface area contributed by atoms with Gasteiger partial charge in [-0.2, -0.15) is 0 Å². The Morgan fingerprint density at radius 1 is 0.905 bits per heavy atom. The molecule has 42 heavy (non-hydrogen) atoms. The van der Waals surface area contributed by atoms with Gasteiger partial charge in [0.15, 0.2) is 0 Å². The first-order valence-corrected chi connectivity index (χ1v) is 16.7. The van der Waals surface area contributed by atoms with E-state index < -0.39 is 0 Å². The average Bonchev–Trinajstić information content (AvgIpc) is 3.77. The number of fused-ring (bicyclic) bond motifs is 3. The van der Waals surface area contributed by atoms with Crippen molar-refractivity contribution < 1.29 is 14.6 Å². The summed E-state index contributed by atoms with van der Waals surface area (Å²) < 4.78 is 0. The summed E-state index contributed by atoms with van der Waals surface area (Å²) in [5, 5.41) is 16.4. The maximum atomic E-state index is 12.8. The molecule has 2 aromatic rings. The molecule has 0 aliphatic heterocycles. The zero-order valence-corrected chi connectivity index (χ0v) is 25.7. The van der Waals surface area contributed by atoms with Crippen molar-refractivity contribution in [1.82, 2.24) is 0 Å². The molecule has 226 valence electrons. The van der Waals surface area contributed by atoms with E-state index in [0.29, 0.717) is 18.3 Å². The summed E-state index contributed by atoms with van der Waals surface area (Å²) in [7, 11) is 0. The minimum Gasteiger partial charge on any atom is -0.318 e. The summed E-state index contributed by atoms with van der Waals surface area (Å²) in [5.41, 5.74) is 6.40. The molecule has 3 aliphatic carbocycles. The molecule has 0 atom stereocenters. The van der Waals surface area contributed by atoms with Gasteiger partial charge in [0, 0.05) is 24.0 Å². The minimum atomic E-state index is -0.271. The van der Waals surface area contributed by atoms with Gasteiger partial charge >= 0.3 is 5.97 Å². The number of nitro groups is 1. The maximum absolute atomic E-state index is 12.8. The van der Waals surface area contributed by atoms with Crippen LogP contribution in [0.3, 0.4) is 0 Å². The Labute approximate surface area is 251 Å². The van der Waals surface area contributed by atoms with E-state index in [-0.39, 0.29) is 22.0 Å². The fourth-order valence-corrected chi connectivity index (χ4v) is 7.87. The van der Waals surface area contributed by atoms with Gasteiger partial charge < -0.3 is 4.84 Å². The van der Waals surface area contributed by atoms with Gasteiger partial charge in [-0.1, -0.05) is 108 Å². The van der Waals surface area contributed by atoms with Crippen molar-refractivity contribution in [2.45, 2.75) is 128 Å². The van der Waals surface area contributed by atoms with Crippen LogP contribution in [-0.4, -0.2) is 16.6 Å². The first kappa shape index (κ1) is 30.4. The Kier molecular flexibility index (Phi) is 10.1. The predicted molar refractivity (Wildman–Crippen MR) is 169 cm³/mol. The monoisotopic (exact) mass is 572 g/mol. The van der Waals surface area contributed by atoms with E-state index in [1.807, 2.05) is 12.1 Å². The number of hydrogen-bond donors (Lipinski definition) is 0. The first-order valence-electron chi connectivity index (χ1n) is 16.7. The Morgan fingerprint density at radius 2 is 1.50 bits per heavy atom. The van der Waals surface area contributed by atoms with Gasteiger partial charge in [-0.25, -0.2) is 4.79 Å². The molecule has 2 aromatic carbocycles. The van der Waals surface area contributed by atoms with Crippen LogP contribution in [0.1, 0.15) is 140 Å². The molecule has 0 spiro atoms. The van der Waals surface area contributed by atoms with Crippen molar-refractivity contribution in [2.24, 2.45) is 17.0 Å². The van der Waals surface area contributed by atoms with Gasteiger partial charge in [0.1, 0.15) is 0 Å². The van der Waals surface area contributed by atoms with Gasteiger partial charge in [0.2, 0.25) is 0 Å². The lowest BCUT2D eigenvalue weighted by molar-refractivity contribution is -0.384. The molecule has 0 heterocycles. The largest absolute Gasteiger partial charge is 0.335 e. The van der Waals surface area contributed by atoms with Crippen LogP contribution < -0.4 is 0 Å². The topological polar surface area (TPSA) is 81.8 Å². The Hall–Kier alpha value is -3.02. The van der Waals surface area contributed by atoms with E-state index >= 15 is 0 Å². The zero-order chi connectivity index (χ0) is 29.5. The van der Waals surface area contributed by atoms with Crippen LogP contribution in [-0.2, 0) is 15.0 Å². The molecule has 0 bridgehead atoms. The van der Waals surface area contributed by atoms with Crippen molar-refractivity contribution in [1.29, 1.82) is 0 Å². The molecule has 2 saturated carbocycles. The Balaban J connectivity index is 1.51. The molecule has 0 amide bonds. The molecule has 0 N–H and O–H groups in total. The van der Waals surface area contributed by atoms with Gasteiger partial charge in [-0.15, -0.1) is 0 Å². The smallest absolute Gasteiger partial charge is 0.318 e. The molecule has 6 heteroatoms. The SMILES string of the molecule is CCCCC1(CCCC)c2cc(/C(CC3CCCC3)=N/OC(=O)CCC3CCCC3)ccc2-c2ccc([N+](=O)[O-])cc21. The van der Waals surface area contributed by atoms with Gasteiger partial charge in [0.25, 0.3) is 5.69 Å². The molecule has 0 radical (unpaired) electrons. The lowest BCUT2D eigenvalue weighted by Crippen LogP contribution is -2.26. The van der Waals surface area contributed by atoms with Crippen LogP contribution in [0, 0.1) is 22.0 Å². The van der Waals surface area contributed by atoms with E-state index in [9.17, 15) is 14.9 Å². The van der Waals surface area contributed by atoms with Crippen molar-refractivity contribution in [3.05, 3.63) is 63.2 Å². The third-order valence-corrected chi connectivity index (χ3v) is 10.2. The van der Waals surface area contributed by atoms with Gasteiger partial charge in [0.05, 0.1) is 10.6 Å². The number of rotatable bonds is 14. The summed E-state index contributed by atoms with van der Waals surface area (Å²) in [4.78, 5) is 29.9. The highest BCUT2D eigenvalue weighted by atomic mass is 16.7. The van der Waals surface area contributed by atoms with Crippen LogP contribution >= 0.6 is 0 Å². The highest BCUT2D eigenvalue weighted by molar-refractivity contribution is 6.02. The summed E-state index contributed by atoms with van der Waals surface area (Å²) in [6, 6.07) is 12.0. The second-order valence-corrected chi connectivity index (χ2v) is 13.1. The normalized spacial score (nSPS) is 18.3. The van der Waals surface area contributed by atoms with Gasteiger partial charge in [-0.3, -0.25) is 10.1 Å². The second kappa shape index (κ2) is 14.0. The molecule has 5 rings (SSSR count). The number of hydrogen-bond acceptors (Lipinski definition) is 5. The zero-order valence-electron chi connectivity index (χ0n) is 25.7. The number of nitro benzene ring substituents is 1. The molecule has 0 aromatic heterocycles. The molecule has 6 nitrogen and oxygen atoms in total. The molecule has 0 unspecified atom stereocenters. The fraction of sp³-hybridized carbons (Fsp3) is 0.611. The van der Waals surface area contributed by atoms with Gasteiger partial charge in [-0.05, 0) is 77.5 Å². The van der Waals surface area contributed by atoms with Crippen LogP contribution in [0.25, 0.3) is 11.1 Å². The van der Waals surface area contributed by atoms with Crippen LogP contribution in [0.2, 0.25) is 0 Å². The number of carbonyl (C=O) groups is 1. The summed E-state index contributed by atoms with van der Waals surface area (Å²) in [5.74, 6) is 0.971. The predicted octanol–water partition coefficient (Wildman–Crippen LogP) is 10.0. The Morgan fingerprint density at radius 3 is 2.12 bits per heavy atom. The minimum absolute atomic E-state index is 0.159. The first-order chi connectivity index (χ1) is 20.4. The third-order valence-electron chi connectivity index (χ3n) is 10.2. The summed E-state index contributed by atoms with van der Waals surface area (Å²) >= 11 is 0. The van der Waals surface area contributed by atoms with Crippen molar-refractivity contribution in [3.63, 3.8) is 0 Å². The number of benzene rings is 2. The highest BCUT2D eigenvalue weighted by Gasteiger charge is 2.43. The number of carbonyl (C=O) groups excluding carboxylic acids is 1. The second-order valence-electron chi connectivity index (χ2n) is 13.1. The molecular weight excluding hydrogens is 524 g/mol. The Bertz CT molecular complexity index is 1280. The van der Waals surface area contributed by atoms with E-state index in [1.54, 1.807) is 6.07 Å². The number of non-ortho nitro benzene ring substituents is 1. The quantitative estimate of drug-likeness (QED) is 0.0976. The number of oxime groups is 1. The lowest BCUT2D eigenvalue weighted by Gasteiger charge is -2.33. The molecule has 0 saturated heterocycles. The standard InChI is InChI=1S/C36H48N2O4/c1-3-5-21-36(22-6-4-2)32-24-28(16-18-30(32)31-19-17-29(38(40)41)25-33(31)36)34(23-27-13-9-10-14-27)37-42-35(39)20-15-26-11-7-8-12-26/h16-19,24-27H,3-15,20-23H2,1-2H3/b37-34+. The summed E-state index contributed by atoms with van der Waals surface area (Å²) in [6.45, 7) is 4.42. The number of unbranched alkanes of at least 4 members (excludes halogenated alkanes) is 2. The fourth-order valence-electron chi connectivity index (χ4n) is 7.87. The van der Waals surface area contributed by atoms with Crippen LogP contribution in [0.15, 0.2) is 41.6 Å². The third kappa shape index (κ3) is 6.63. The van der Waals surface area contributed by atoms with E-state index in [4.69, 9.17) is 4.84 Å². The van der Waals surface area contributed by atoms with E-state index in [0.717, 1.165) is 73.8 Å². The van der Waals surface area contributed by atoms with Crippen molar-refractivity contribution >= 4 is 17.4 Å². The molecular formula is C36H48N2O4. The van der Waals surface area contributed by atoms with Crippen molar-refractivity contribution in [3.8, 4) is 11.1 Å². The number of nitrogens with zero attached hydrogens (tertiary/aromatic N) is 2. The summed E-state index contributed by atoms with van der Waals surface area (Å²) in [6.07, 6.45) is 18.2. The maximum Gasteiger partial charge on any atom is 0.335 e. The van der Waals surface area contributed by atoms with E-state index in [2.05, 4.69) is 37.2 Å². The van der Waals surface area contributed by atoms with Crippen LogP contribution in [0.4, 0.5) is 5.69 Å². The van der Waals surface area contributed by atoms with Crippen molar-refractivity contribution in [2.75, 3.05) is 0 Å². The highest BCUT2D eigenvalue weighted by Crippen LogP contribution is 2.55. The van der Waals surface area contributed by atoms with E-state index in [1.165, 1.54) is 62.5 Å². The molecule has 2 fully saturated rings.